The number of nitrogen functional groups attached to an aromatic ring is 1. The molecule has 2 aromatic carbocycles. The molecule has 4 aromatic rings. The lowest BCUT2D eigenvalue weighted by Gasteiger charge is -2.32. The third-order valence-electron chi connectivity index (χ3n) is 6.32. The van der Waals surface area contributed by atoms with E-state index in [0.29, 0.717) is 0 Å². The van der Waals surface area contributed by atoms with Crippen LogP contribution >= 0.6 is 0 Å². The predicted octanol–water partition coefficient (Wildman–Crippen LogP) is 3.83. The van der Waals surface area contributed by atoms with Gasteiger partial charge in [-0.1, -0.05) is 30.3 Å². The second-order valence-electron chi connectivity index (χ2n) is 8.77. The number of H-pyrrole nitrogens is 1. The van der Waals surface area contributed by atoms with Crippen molar-refractivity contribution >= 4 is 29.0 Å². The molecule has 0 saturated carbocycles. The number of anilines is 1. The molecular formula is C26H29N7. The molecule has 1 aliphatic heterocycles. The Morgan fingerprint density at radius 1 is 1.03 bits per heavy atom. The van der Waals surface area contributed by atoms with Crippen molar-refractivity contribution in [2.75, 3.05) is 39.0 Å². The van der Waals surface area contributed by atoms with Crippen molar-refractivity contribution < 1.29 is 0 Å². The van der Waals surface area contributed by atoms with Gasteiger partial charge in [-0.3, -0.25) is 10.00 Å². The zero-order valence-electron chi connectivity index (χ0n) is 19.1. The molecule has 0 unspecified atom stereocenters. The fourth-order valence-electron chi connectivity index (χ4n) is 4.32. The monoisotopic (exact) mass is 439 g/mol. The summed E-state index contributed by atoms with van der Waals surface area (Å²) in [5.74, 6) is 0.269. The van der Waals surface area contributed by atoms with Crippen molar-refractivity contribution in [3.05, 3.63) is 71.0 Å². The summed E-state index contributed by atoms with van der Waals surface area (Å²) in [6.07, 6.45) is 5.88. The Labute approximate surface area is 194 Å². The van der Waals surface area contributed by atoms with Crippen LogP contribution in [-0.2, 0) is 6.54 Å². The Morgan fingerprint density at radius 2 is 1.88 bits per heavy atom. The number of aromatic nitrogens is 4. The predicted molar refractivity (Wildman–Crippen MR) is 134 cm³/mol. The van der Waals surface area contributed by atoms with E-state index in [2.05, 4.69) is 80.4 Å². The number of fused-ring (bicyclic) bond motifs is 1. The zero-order valence-corrected chi connectivity index (χ0v) is 19.1. The van der Waals surface area contributed by atoms with Gasteiger partial charge in [-0.15, -0.1) is 0 Å². The maximum Gasteiger partial charge on any atom is 0.220 e. The van der Waals surface area contributed by atoms with Gasteiger partial charge in [0, 0.05) is 49.9 Å². The van der Waals surface area contributed by atoms with E-state index in [1.807, 2.05) is 18.2 Å². The molecule has 0 aliphatic carbocycles. The smallest absolute Gasteiger partial charge is 0.220 e. The number of piperazine rings is 1. The van der Waals surface area contributed by atoms with Gasteiger partial charge in [-0.25, -0.2) is 9.97 Å². The average molecular weight is 440 g/mol. The molecule has 0 spiro atoms. The molecule has 1 fully saturated rings. The number of aromatic amines is 1. The van der Waals surface area contributed by atoms with Gasteiger partial charge in [-0.05, 0) is 54.9 Å². The van der Waals surface area contributed by atoms with Gasteiger partial charge >= 0.3 is 0 Å². The lowest BCUT2D eigenvalue weighted by atomic mass is 10.0. The molecule has 2 aromatic heterocycles. The first-order valence-corrected chi connectivity index (χ1v) is 11.3. The Kier molecular flexibility index (Phi) is 5.90. The lowest BCUT2D eigenvalue weighted by Crippen LogP contribution is -2.43. The highest BCUT2D eigenvalue weighted by Crippen LogP contribution is 2.25. The maximum absolute atomic E-state index is 5.73. The van der Waals surface area contributed by atoms with E-state index < -0.39 is 0 Å². The number of benzene rings is 2. The van der Waals surface area contributed by atoms with E-state index in [1.165, 1.54) is 16.7 Å². The van der Waals surface area contributed by atoms with Crippen LogP contribution in [0.3, 0.4) is 0 Å². The first kappa shape index (κ1) is 21.3. The summed E-state index contributed by atoms with van der Waals surface area (Å²) in [5, 5.41) is 8.72. The minimum Gasteiger partial charge on any atom is -0.368 e. The third-order valence-corrected chi connectivity index (χ3v) is 6.32. The molecule has 168 valence electrons. The average Bonchev–Trinajstić information content (AvgIpc) is 3.22. The zero-order chi connectivity index (χ0) is 22.8. The van der Waals surface area contributed by atoms with Crippen LogP contribution in [0.25, 0.3) is 34.3 Å². The van der Waals surface area contributed by atoms with Crippen molar-refractivity contribution in [1.82, 2.24) is 30.0 Å². The highest BCUT2D eigenvalue weighted by Gasteiger charge is 2.14. The second kappa shape index (κ2) is 9.13. The molecule has 1 saturated heterocycles. The van der Waals surface area contributed by atoms with Gasteiger partial charge in [0.1, 0.15) is 0 Å². The van der Waals surface area contributed by atoms with Crippen LogP contribution in [0.5, 0.6) is 0 Å². The van der Waals surface area contributed by atoms with Crippen LogP contribution in [-0.4, -0.2) is 63.2 Å². The first-order chi connectivity index (χ1) is 16.0. The standard InChI is InChI=1S/C26H29N7/c1-18-15-19(17-33-13-11-32(2)12-14-33)3-4-20(18)6-8-24-22-7-5-21(16-25(22)31-30-24)23-9-10-28-26(27)29-23/h3-10,15-16H,11-14,17H2,1-2H3,(H,30,31)(H2,27,28,29). The largest absolute Gasteiger partial charge is 0.368 e. The van der Waals surface area contributed by atoms with Gasteiger partial charge in [0.2, 0.25) is 5.95 Å². The van der Waals surface area contributed by atoms with E-state index in [1.54, 1.807) is 6.20 Å². The van der Waals surface area contributed by atoms with Crippen molar-refractivity contribution in [2.24, 2.45) is 0 Å². The number of hydrogen-bond acceptors (Lipinski definition) is 6. The van der Waals surface area contributed by atoms with E-state index >= 15 is 0 Å². The SMILES string of the molecule is Cc1cc(CN2CCN(C)CC2)ccc1C=Cc1n[nH]c2cc(-c3ccnc(N)n3)ccc12. The minimum atomic E-state index is 0.269. The Morgan fingerprint density at radius 3 is 2.67 bits per heavy atom. The van der Waals surface area contributed by atoms with E-state index in [9.17, 15) is 0 Å². The summed E-state index contributed by atoms with van der Waals surface area (Å²) in [4.78, 5) is 13.2. The Balaban J connectivity index is 1.32. The van der Waals surface area contributed by atoms with E-state index in [-0.39, 0.29) is 5.95 Å². The van der Waals surface area contributed by atoms with Crippen LogP contribution in [0.15, 0.2) is 48.7 Å². The highest BCUT2D eigenvalue weighted by molar-refractivity contribution is 5.91. The molecule has 1 aliphatic rings. The number of likely N-dealkylation sites (N-methyl/N-ethyl adjacent to an activating group) is 1. The summed E-state index contributed by atoms with van der Waals surface area (Å²) < 4.78 is 0. The Hall–Kier alpha value is -3.55. The number of rotatable bonds is 5. The number of hydrogen-bond donors (Lipinski definition) is 2. The second-order valence-corrected chi connectivity index (χ2v) is 8.77. The van der Waals surface area contributed by atoms with Crippen molar-refractivity contribution in [2.45, 2.75) is 13.5 Å². The highest BCUT2D eigenvalue weighted by atomic mass is 15.2. The normalized spacial score (nSPS) is 15.6. The third kappa shape index (κ3) is 4.79. The quantitative estimate of drug-likeness (QED) is 0.492. The summed E-state index contributed by atoms with van der Waals surface area (Å²) in [7, 11) is 2.19. The van der Waals surface area contributed by atoms with Crippen molar-refractivity contribution in [1.29, 1.82) is 0 Å². The first-order valence-electron chi connectivity index (χ1n) is 11.3. The van der Waals surface area contributed by atoms with Crippen LogP contribution in [0.1, 0.15) is 22.4 Å². The number of nitrogens with two attached hydrogens (primary N) is 1. The molecule has 5 rings (SSSR count). The molecular weight excluding hydrogens is 410 g/mol. The van der Waals surface area contributed by atoms with Gasteiger partial charge in [0.25, 0.3) is 0 Å². The molecule has 3 N–H and O–H groups in total. The molecule has 33 heavy (non-hydrogen) atoms. The summed E-state index contributed by atoms with van der Waals surface area (Å²) in [6, 6.07) is 14.8. The fourth-order valence-corrected chi connectivity index (χ4v) is 4.32. The van der Waals surface area contributed by atoms with Crippen molar-refractivity contribution in [3.8, 4) is 11.3 Å². The molecule has 0 atom stereocenters. The van der Waals surface area contributed by atoms with Crippen LogP contribution in [0, 0.1) is 6.92 Å². The lowest BCUT2D eigenvalue weighted by molar-refractivity contribution is 0.148. The molecule has 0 amide bonds. The summed E-state index contributed by atoms with van der Waals surface area (Å²) >= 11 is 0. The molecule has 3 heterocycles. The minimum absolute atomic E-state index is 0.269. The number of aryl methyl sites for hydroxylation is 1. The van der Waals surface area contributed by atoms with E-state index in [0.717, 1.165) is 60.6 Å². The molecule has 7 heteroatoms. The van der Waals surface area contributed by atoms with Crippen LogP contribution in [0.2, 0.25) is 0 Å². The molecule has 0 bridgehead atoms. The van der Waals surface area contributed by atoms with Gasteiger partial charge in [0.05, 0.1) is 16.9 Å². The molecule has 7 nitrogen and oxygen atoms in total. The number of nitrogens with zero attached hydrogens (tertiary/aromatic N) is 5. The van der Waals surface area contributed by atoms with Crippen LogP contribution < -0.4 is 5.73 Å². The van der Waals surface area contributed by atoms with Gasteiger partial charge in [-0.2, -0.15) is 5.10 Å². The Bertz CT molecular complexity index is 1300. The van der Waals surface area contributed by atoms with Crippen LogP contribution in [0.4, 0.5) is 5.95 Å². The van der Waals surface area contributed by atoms with Gasteiger partial charge in [0.15, 0.2) is 0 Å². The van der Waals surface area contributed by atoms with Crippen molar-refractivity contribution in [3.63, 3.8) is 0 Å². The number of nitrogens with one attached hydrogen (secondary N) is 1. The van der Waals surface area contributed by atoms with Gasteiger partial charge < -0.3 is 10.6 Å². The maximum atomic E-state index is 5.73. The topological polar surface area (TPSA) is 87.0 Å². The summed E-state index contributed by atoms with van der Waals surface area (Å²) in [5.41, 5.74) is 13.2. The van der Waals surface area contributed by atoms with E-state index in [4.69, 9.17) is 5.73 Å². The summed E-state index contributed by atoms with van der Waals surface area (Å²) in [6.45, 7) is 7.75. The molecule has 0 radical (unpaired) electrons. The fraction of sp³-hybridized carbons (Fsp3) is 0.269.